The number of rotatable bonds is 6. The van der Waals surface area contributed by atoms with Crippen molar-refractivity contribution in [3.63, 3.8) is 0 Å². The smallest absolute Gasteiger partial charge is 0.313 e. The van der Waals surface area contributed by atoms with E-state index in [0.717, 1.165) is 12.8 Å². The highest BCUT2D eigenvalue weighted by atomic mass is 35.5. The van der Waals surface area contributed by atoms with Crippen LogP contribution in [-0.4, -0.2) is 60.1 Å². The third-order valence-corrected chi connectivity index (χ3v) is 5.70. The van der Waals surface area contributed by atoms with Gasteiger partial charge in [0.25, 0.3) is 5.91 Å². The number of pyridine rings is 1. The molecule has 0 spiro atoms. The van der Waals surface area contributed by atoms with E-state index in [0.29, 0.717) is 50.0 Å². The Morgan fingerprint density at radius 3 is 2.59 bits per heavy atom. The first kappa shape index (κ1) is 21.5. The van der Waals surface area contributed by atoms with Gasteiger partial charge < -0.3 is 19.7 Å². The van der Waals surface area contributed by atoms with E-state index in [4.69, 9.17) is 21.1 Å². The molecule has 29 heavy (non-hydrogen) atoms. The molecule has 8 nitrogen and oxygen atoms in total. The molecule has 1 saturated carbocycles. The number of esters is 1. The number of nitrogens with one attached hydrogen (secondary N) is 1. The van der Waals surface area contributed by atoms with E-state index in [9.17, 15) is 14.4 Å². The van der Waals surface area contributed by atoms with Gasteiger partial charge in [-0.2, -0.15) is 0 Å². The van der Waals surface area contributed by atoms with Crippen molar-refractivity contribution in [3.05, 3.63) is 23.4 Å². The van der Waals surface area contributed by atoms with Gasteiger partial charge >= 0.3 is 5.97 Å². The first-order valence-electron chi connectivity index (χ1n) is 9.89. The third kappa shape index (κ3) is 5.45. The van der Waals surface area contributed by atoms with Crippen LogP contribution in [0.15, 0.2) is 18.3 Å². The number of halogens is 1. The zero-order chi connectivity index (χ0) is 20.9. The lowest BCUT2D eigenvalue weighted by Gasteiger charge is -2.32. The first-order valence-corrected chi connectivity index (χ1v) is 10.3. The molecule has 1 N–H and O–H groups in total. The minimum Gasteiger partial charge on any atom is -0.452 e. The molecule has 1 saturated heterocycles. The van der Waals surface area contributed by atoms with Crippen LogP contribution in [0.1, 0.15) is 39.0 Å². The van der Waals surface area contributed by atoms with Crippen LogP contribution >= 0.6 is 11.6 Å². The summed E-state index contributed by atoms with van der Waals surface area (Å²) in [5.74, 6) is -0.709. The normalized spacial score (nSPS) is 19.4. The second-order valence-corrected chi connectivity index (χ2v) is 7.99. The molecule has 9 heteroatoms. The number of hydrogen-bond acceptors (Lipinski definition) is 6. The highest BCUT2D eigenvalue weighted by Gasteiger charge is 2.46. The van der Waals surface area contributed by atoms with Crippen molar-refractivity contribution in [2.45, 2.75) is 45.1 Å². The number of aromatic nitrogens is 1. The fourth-order valence-corrected chi connectivity index (χ4v) is 3.85. The predicted molar refractivity (Wildman–Crippen MR) is 106 cm³/mol. The van der Waals surface area contributed by atoms with Gasteiger partial charge in [-0.3, -0.25) is 14.4 Å². The van der Waals surface area contributed by atoms with E-state index in [-0.39, 0.29) is 12.3 Å². The highest BCUT2D eigenvalue weighted by molar-refractivity contribution is 6.30. The van der Waals surface area contributed by atoms with Crippen molar-refractivity contribution < 1.29 is 23.9 Å². The molecule has 1 aliphatic heterocycles. The summed E-state index contributed by atoms with van der Waals surface area (Å²) in [4.78, 5) is 43.8. The fourth-order valence-electron chi connectivity index (χ4n) is 3.74. The van der Waals surface area contributed by atoms with Crippen molar-refractivity contribution in [2.75, 3.05) is 31.6 Å². The minimum atomic E-state index is -1.00. The monoisotopic (exact) mass is 423 g/mol. The molecule has 3 rings (SSSR count). The van der Waals surface area contributed by atoms with Crippen LogP contribution in [0.25, 0.3) is 0 Å². The summed E-state index contributed by atoms with van der Waals surface area (Å²) in [5, 5.41) is 3.05. The van der Waals surface area contributed by atoms with Gasteiger partial charge in [-0.15, -0.1) is 0 Å². The number of ether oxygens (including phenoxy) is 2. The molecule has 1 aliphatic carbocycles. The highest BCUT2D eigenvalue weighted by Crippen LogP contribution is 2.43. The topological polar surface area (TPSA) is 97.8 Å². The van der Waals surface area contributed by atoms with E-state index < -0.39 is 23.4 Å². The lowest BCUT2D eigenvalue weighted by Crippen LogP contribution is -2.45. The molecule has 0 bridgehead atoms. The molecule has 2 fully saturated rings. The second-order valence-electron chi connectivity index (χ2n) is 7.56. The lowest BCUT2D eigenvalue weighted by atomic mass is 9.82. The third-order valence-electron chi connectivity index (χ3n) is 5.48. The number of amides is 2. The minimum absolute atomic E-state index is 0.0605. The van der Waals surface area contributed by atoms with E-state index in [2.05, 4.69) is 10.3 Å². The van der Waals surface area contributed by atoms with Crippen molar-refractivity contribution in [2.24, 2.45) is 5.41 Å². The second kappa shape index (κ2) is 9.54. The molecule has 0 radical (unpaired) electrons. The van der Waals surface area contributed by atoms with E-state index in [1.54, 1.807) is 17.0 Å². The molecule has 1 atom stereocenters. The zero-order valence-electron chi connectivity index (χ0n) is 16.5. The summed E-state index contributed by atoms with van der Waals surface area (Å²) in [7, 11) is 0. The van der Waals surface area contributed by atoms with Crippen LogP contribution in [0.4, 0.5) is 5.82 Å². The molecule has 1 aromatic heterocycles. The molecule has 1 unspecified atom stereocenters. The average Bonchev–Trinajstić information content (AvgIpc) is 3.20. The van der Waals surface area contributed by atoms with Crippen LogP contribution in [0.3, 0.4) is 0 Å². The maximum Gasteiger partial charge on any atom is 0.313 e. The fraction of sp³-hybridized carbons (Fsp3) is 0.600. The number of anilines is 1. The molecular weight excluding hydrogens is 398 g/mol. The number of carbonyl (C=O) groups excluding carboxylic acids is 3. The van der Waals surface area contributed by atoms with Crippen molar-refractivity contribution in [3.8, 4) is 0 Å². The van der Waals surface area contributed by atoms with Crippen LogP contribution in [-0.2, 0) is 23.9 Å². The molecule has 0 aromatic carbocycles. The summed E-state index contributed by atoms with van der Waals surface area (Å²) >= 11 is 5.78. The van der Waals surface area contributed by atoms with Crippen LogP contribution in [0, 0.1) is 5.41 Å². The molecule has 2 heterocycles. The molecule has 2 amide bonds. The number of hydrogen-bond donors (Lipinski definition) is 1. The lowest BCUT2D eigenvalue weighted by molar-refractivity contribution is -0.166. The summed E-state index contributed by atoms with van der Waals surface area (Å²) < 4.78 is 10.8. The Kier molecular flexibility index (Phi) is 7.08. The zero-order valence-corrected chi connectivity index (χ0v) is 17.2. The predicted octanol–water partition coefficient (Wildman–Crippen LogP) is 2.41. The Balaban J connectivity index is 1.60. The number of morpholine rings is 1. The van der Waals surface area contributed by atoms with Gasteiger partial charge in [-0.05, 0) is 31.9 Å². The Morgan fingerprint density at radius 2 is 1.97 bits per heavy atom. The first-order chi connectivity index (χ1) is 13.9. The SMILES string of the molecule is CC(OC(=O)C1(CC(=O)N2CCOCC2)CCCC1)C(=O)Nc1ccc(Cl)cn1. The van der Waals surface area contributed by atoms with Gasteiger partial charge in [0, 0.05) is 25.7 Å². The van der Waals surface area contributed by atoms with Gasteiger partial charge in [-0.1, -0.05) is 24.4 Å². The summed E-state index contributed by atoms with van der Waals surface area (Å²) in [6.07, 6.45) is 3.43. The summed E-state index contributed by atoms with van der Waals surface area (Å²) in [6.45, 7) is 3.61. The maximum absolute atomic E-state index is 13.0. The van der Waals surface area contributed by atoms with Crippen molar-refractivity contribution >= 4 is 35.2 Å². The standard InChI is InChI=1S/C20H26ClN3O5/c1-14(18(26)23-16-5-4-15(21)13-22-16)29-19(27)20(6-2-3-7-20)12-17(25)24-8-10-28-11-9-24/h4-5,13-14H,2-3,6-12H2,1H3,(H,22,23,26). The van der Waals surface area contributed by atoms with Crippen LogP contribution in [0.2, 0.25) is 5.02 Å². The van der Waals surface area contributed by atoms with E-state index in [1.807, 2.05) is 0 Å². The van der Waals surface area contributed by atoms with E-state index >= 15 is 0 Å². The van der Waals surface area contributed by atoms with Gasteiger partial charge in [0.1, 0.15) is 5.82 Å². The molecule has 158 valence electrons. The average molecular weight is 424 g/mol. The summed E-state index contributed by atoms with van der Waals surface area (Å²) in [6, 6.07) is 3.17. The Morgan fingerprint density at radius 1 is 1.28 bits per heavy atom. The van der Waals surface area contributed by atoms with Gasteiger partial charge in [0.15, 0.2) is 6.10 Å². The Labute approximate surface area is 174 Å². The van der Waals surface area contributed by atoms with Crippen LogP contribution in [0.5, 0.6) is 0 Å². The maximum atomic E-state index is 13.0. The Bertz CT molecular complexity index is 743. The van der Waals surface area contributed by atoms with E-state index in [1.165, 1.54) is 13.1 Å². The van der Waals surface area contributed by atoms with Crippen molar-refractivity contribution in [1.29, 1.82) is 0 Å². The molecular formula is C20H26ClN3O5. The molecule has 1 aromatic rings. The number of carbonyl (C=O) groups is 3. The summed E-state index contributed by atoms with van der Waals surface area (Å²) in [5.41, 5.74) is -0.859. The van der Waals surface area contributed by atoms with Crippen LogP contribution < -0.4 is 5.32 Å². The van der Waals surface area contributed by atoms with Gasteiger partial charge in [0.05, 0.1) is 23.7 Å². The Hall–Kier alpha value is -2.19. The quantitative estimate of drug-likeness (QED) is 0.705. The largest absolute Gasteiger partial charge is 0.452 e. The van der Waals surface area contributed by atoms with Crippen molar-refractivity contribution in [1.82, 2.24) is 9.88 Å². The van der Waals surface area contributed by atoms with Gasteiger partial charge in [-0.25, -0.2) is 4.98 Å². The van der Waals surface area contributed by atoms with Gasteiger partial charge in [0.2, 0.25) is 5.91 Å². The molecule has 2 aliphatic rings. The number of nitrogens with zero attached hydrogens (tertiary/aromatic N) is 2.